The van der Waals surface area contributed by atoms with Crippen molar-refractivity contribution in [3.05, 3.63) is 59.7 Å². The minimum Gasteiger partial charge on any atom is -0.322 e. The maximum atomic E-state index is 13.2. The summed E-state index contributed by atoms with van der Waals surface area (Å²) in [6.45, 7) is 0.947. The van der Waals surface area contributed by atoms with Gasteiger partial charge < -0.3 is 5.32 Å². The lowest BCUT2D eigenvalue weighted by Gasteiger charge is -2.16. The Hall–Kier alpha value is -2.32. The molecule has 2 aromatic rings. The van der Waals surface area contributed by atoms with E-state index in [0.29, 0.717) is 19.2 Å². The largest absolute Gasteiger partial charge is 0.322 e. The van der Waals surface area contributed by atoms with Crippen LogP contribution < -0.4 is 5.32 Å². The molecule has 2 aromatic carbocycles. The molecule has 0 saturated carbocycles. The number of hydrogen-bond donors (Lipinski definition) is 1. The average Bonchev–Trinajstić information content (AvgIpc) is 3.09. The van der Waals surface area contributed by atoms with Crippen LogP contribution in [0, 0.1) is 11.6 Å². The van der Waals surface area contributed by atoms with Crippen LogP contribution in [0.15, 0.2) is 47.4 Å². The summed E-state index contributed by atoms with van der Waals surface area (Å²) in [5.41, 5.74) is 0.0419. The Bertz CT molecular complexity index is 890. The Morgan fingerprint density at radius 1 is 1.00 bits per heavy atom. The molecule has 1 saturated heterocycles. The normalized spacial score (nSPS) is 15.3. The molecule has 1 heterocycles. The first-order valence-corrected chi connectivity index (χ1v) is 9.18. The molecular weight excluding hydrogens is 350 g/mol. The van der Waals surface area contributed by atoms with Gasteiger partial charge in [0, 0.05) is 30.4 Å². The van der Waals surface area contributed by atoms with Crippen LogP contribution in [0.3, 0.4) is 0 Å². The number of hydrogen-bond acceptors (Lipinski definition) is 3. The molecule has 1 aliphatic heterocycles. The third-order valence-corrected chi connectivity index (χ3v) is 5.81. The summed E-state index contributed by atoms with van der Waals surface area (Å²) in [6, 6.07) is 8.28. The van der Waals surface area contributed by atoms with Gasteiger partial charge >= 0.3 is 0 Å². The van der Waals surface area contributed by atoms with Crippen molar-refractivity contribution in [2.24, 2.45) is 0 Å². The van der Waals surface area contributed by atoms with E-state index in [1.54, 1.807) is 0 Å². The topological polar surface area (TPSA) is 66.5 Å². The molecule has 1 amide bonds. The van der Waals surface area contributed by atoms with Crippen LogP contribution in [-0.4, -0.2) is 31.7 Å². The Labute approximate surface area is 144 Å². The number of amides is 1. The average molecular weight is 366 g/mol. The van der Waals surface area contributed by atoms with E-state index in [-0.39, 0.29) is 16.1 Å². The van der Waals surface area contributed by atoms with Crippen LogP contribution >= 0.6 is 0 Å². The van der Waals surface area contributed by atoms with Gasteiger partial charge in [-0.05, 0) is 43.2 Å². The molecule has 1 fully saturated rings. The standard InChI is InChI=1S/C17H16F2N2O3S/c18-13-8-12(9-14(19)10-13)17(22)20-15-4-3-5-16(11-15)25(23,24)21-6-1-2-7-21/h3-5,8-11H,1-2,6-7H2,(H,20,22). The smallest absolute Gasteiger partial charge is 0.255 e. The van der Waals surface area contributed by atoms with Gasteiger partial charge in [0.25, 0.3) is 5.91 Å². The number of sulfonamides is 1. The molecule has 0 unspecified atom stereocenters. The van der Waals surface area contributed by atoms with Crippen LogP contribution in [0.4, 0.5) is 14.5 Å². The van der Waals surface area contributed by atoms with E-state index in [0.717, 1.165) is 25.0 Å². The maximum Gasteiger partial charge on any atom is 0.255 e. The predicted octanol–water partition coefficient (Wildman–Crippen LogP) is 3.00. The summed E-state index contributed by atoms with van der Waals surface area (Å²) in [5.74, 6) is -2.46. The van der Waals surface area contributed by atoms with Gasteiger partial charge in [0.05, 0.1) is 4.90 Å². The number of halogens is 2. The molecule has 0 aromatic heterocycles. The number of benzene rings is 2. The minimum absolute atomic E-state index is 0.0672. The number of nitrogens with zero attached hydrogens (tertiary/aromatic N) is 1. The molecule has 0 radical (unpaired) electrons. The van der Waals surface area contributed by atoms with E-state index < -0.39 is 27.6 Å². The van der Waals surface area contributed by atoms with Crippen molar-refractivity contribution in [1.82, 2.24) is 4.31 Å². The van der Waals surface area contributed by atoms with Crippen molar-refractivity contribution in [1.29, 1.82) is 0 Å². The van der Waals surface area contributed by atoms with E-state index in [4.69, 9.17) is 0 Å². The molecule has 0 atom stereocenters. The summed E-state index contributed by atoms with van der Waals surface area (Å²) >= 11 is 0. The molecule has 0 bridgehead atoms. The lowest BCUT2D eigenvalue weighted by Crippen LogP contribution is -2.27. The summed E-state index contributed by atoms with van der Waals surface area (Å²) < 4.78 is 52.9. The molecule has 5 nitrogen and oxygen atoms in total. The molecule has 0 aliphatic carbocycles. The summed E-state index contributed by atoms with van der Waals surface area (Å²) in [5, 5.41) is 2.46. The van der Waals surface area contributed by atoms with Crippen LogP contribution in [0.2, 0.25) is 0 Å². The molecule has 1 N–H and O–H groups in total. The first-order chi connectivity index (χ1) is 11.9. The highest BCUT2D eigenvalue weighted by Crippen LogP contribution is 2.23. The highest BCUT2D eigenvalue weighted by Gasteiger charge is 2.27. The molecular formula is C17H16F2N2O3S. The molecule has 3 rings (SSSR count). The highest BCUT2D eigenvalue weighted by atomic mass is 32.2. The SMILES string of the molecule is O=C(Nc1cccc(S(=O)(=O)N2CCCC2)c1)c1cc(F)cc(F)c1. The number of carbonyl (C=O) groups is 1. The monoisotopic (exact) mass is 366 g/mol. The van der Waals surface area contributed by atoms with Crippen LogP contribution in [0.5, 0.6) is 0 Å². The third kappa shape index (κ3) is 3.85. The molecule has 132 valence electrons. The van der Waals surface area contributed by atoms with E-state index in [2.05, 4.69) is 5.32 Å². The Kier molecular flexibility index (Phi) is 4.82. The van der Waals surface area contributed by atoms with Crippen molar-refractivity contribution in [2.75, 3.05) is 18.4 Å². The fourth-order valence-electron chi connectivity index (χ4n) is 2.70. The van der Waals surface area contributed by atoms with Gasteiger partial charge in [-0.15, -0.1) is 0 Å². The molecule has 1 aliphatic rings. The van der Waals surface area contributed by atoms with Gasteiger partial charge in [-0.2, -0.15) is 4.31 Å². The van der Waals surface area contributed by atoms with Gasteiger partial charge in [0.2, 0.25) is 10.0 Å². The van der Waals surface area contributed by atoms with Crippen LogP contribution in [-0.2, 0) is 10.0 Å². The second-order valence-electron chi connectivity index (χ2n) is 5.75. The first kappa shape index (κ1) is 17.5. The number of nitrogens with one attached hydrogen (secondary N) is 1. The second kappa shape index (κ2) is 6.89. The van der Waals surface area contributed by atoms with Crippen molar-refractivity contribution in [2.45, 2.75) is 17.7 Å². The molecule has 25 heavy (non-hydrogen) atoms. The minimum atomic E-state index is -3.61. The highest BCUT2D eigenvalue weighted by molar-refractivity contribution is 7.89. The lowest BCUT2D eigenvalue weighted by molar-refractivity contribution is 0.102. The predicted molar refractivity (Wildman–Crippen MR) is 88.7 cm³/mol. The van der Waals surface area contributed by atoms with Crippen LogP contribution in [0.25, 0.3) is 0 Å². The summed E-state index contributed by atoms with van der Waals surface area (Å²) in [4.78, 5) is 12.2. The lowest BCUT2D eigenvalue weighted by atomic mass is 10.2. The van der Waals surface area contributed by atoms with E-state index in [1.807, 2.05) is 0 Å². The fourth-order valence-corrected chi connectivity index (χ4v) is 4.26. The Morgan fingerprint density at radius 2 is 1.64 bits per heavy atom. The van der Waals surface area contributed by atoms with Gasteiger partial charge in [0.15, 0.2) is 0 Å². The maximum absolute atomic E-state index is 13.2. The Balaban J connectivity index is 1.83. The Morgan fingerprint density at radius 3 is 2.28 bits per heavy atom. The molecule has 0 spiro atoms. The van der Waals surface area contributed by atoms with Crippen LogP contribution in [0.1, 0.15) is 23.2 Å². The van der Waals surface area contributed by atoms with Gasteiger partial charge in [-0.1, -0.05) is 6.07 Å². The van der Waals surface area contributed by atoms with Crippen molar-refractivity contribution in [3.8, 4) is 0 Å². The fraction of sp³-hybridized carbons (Fsp3) is 0.235. The number of anilines is 1. The van der Waals surface area contributed by atoms with E-state index in [9.17, 15) is 22.0 Å². The number of rotatable bonds is 4. The summed E-state index contributed by atoms with van der Waals surface area (Å²) in [7, 11) is -3.61. The summed E-state index contributed by atoms with van der Waals surface area (Å²) in [6.07, 6.45) is 1.64. The zero-order valence-electron chi connectivity index (χ0n) is 13.2. The van der Waals surface area contributed by atoms with Crippen molar-refractivity contribution in [3.63, 3.8) is 0 Å². The van der Waals surface area contributed by atoms with E-state index >= 15 is 0 Å². The number of carbonyl (C=O) groups excluding carboxylic acids is 1. The van der Waals surface area contributed by atoms with Gasteiger partial charge in [0.1, 0.15) is 11.6 Å². The zero-order valence-corrected chi connectivity index (χ0v) is 14.0. The van der Waals surface area contributed by atoms with Gasteiger partial charge in [-0.3, -0.25) is 4.79 Å². The molecule has 8 heteroatoms. The zero-order chi connectivity index (χ0) is 18.0. The second-order valence-corrected chi connectivity index (χ2v) is 7.69. The van der Waals surface area contributed by atoms with E-state index in [1.165, 1.54) is 28.6 Å². The van der Waals surface area contributed by atoms with Crippen molar-refractivity contribution >= 4 is 21.6 Å². The van der Waals surface area contributed by atoms with Gasteiger partial charge in [-0.25, -0.2) is 17.2 Å². The quantitative estimate of drug-likeness (QED) is 0.905. The first-order valence-electron chi connectivity index (χ1n) is 7.74. The third-order valence-electron chi connectivity index (χ3n) is 3.92. The van der Waals surface area contributed by atoms with Crippen molar-refractivity contribution < 1.29 is 22.0 Å².